The Balaban J connectivity index is 1.39. The van der Waals surface area contributed by atoms with Gasteiger partial charge in [0.25, 0.3) is 11.5 Å². The molecule has 35 heavy (non-hydrogen) atoms. The monoisotopic (exact) mass is 473 g/mol. The van der Waals surface area contributed by atoms with Crippen molar-refractivity contribution in [1.29, 1.82) is 0 Å². The van der Waals surface area contributed by atoms with Crippen LogP contribution >= 0.6 is 0 Å². The van der Waals surface area contributed by atoms with E-state index in [0.29, 0.717) is 18.5 Å². The lowest BCUT2D eigenvalue weighted by atomic mass is 10.1. The minimum Gasteiger partial charge on any atom is -0.456 e. The Morgan fingerprint density at radius 1 is 0.943 bits per heavy atom. The topological polar surface area (TPSA) is 90.3 Å². The first kappa shape index (κ1) is 23.8. The number of rotatable bonds is 9. The molecule has 0 bridgehead atoms. The molecule has 0 spiro atoms. The molecule has 1 amide bonds. The molecule has 4 aromatic rings. The molecular weight excluding hydrogens is 449 g/mol. The van der Waals surface area contributed by atoms with E-state index >= 15 is 0 Å². The summed E-state index contributed by atoms with van der Waals surface area (Å²) < 4.78 is 19.9. The zero-order valence-corrected chi connectivity index (χ0v) is 18.9. The molecule has 8 heteroatoms. The highest BCUT2D eigenvalue weighted by atomic mass is 19.1. The van der Waals surface area contributed by atoms with Crippen molar-refractivity contribution in [2.75, 3.05) is 11.9 Å². The van der Waals surface area contributed by atoms with Crippen LogP contribution in [0.25, 0.3) is 11.0 Å². The number of carbonyl (C=O) groups is 2. The summed E-state index contributed by atoms with van der Waals surface area (Å²) in [6.45, 7) is -0.0363. The first-order chi connectivity index (χ1) is 17.0. The number of nitrogens with one attached hydrogen (secondary N) is 1. The fourth-order valence-corrected chi connectivity index (χ4v) is 3.72. The molecular formula is C27H24FN3O4. The first-order valence-electron chi connectivity index (χ1n) is 11.2. The normalized spacial score (nSPS) is 10.8. The van der Waals surface area contributed by atoms with Crippen LogP contribution in [0.5, 0.6) is 0 Å². The number of ether oxygens (including phenoxy) is 1. The standard InChI is InChI=1S/C27H24FN3O4/c28-20-9-6-10-21(17-20)29-25(32)18-35-26(33)14-13-23-27(34)31(16-15-19-7-2-1-3-8-19)24-12-5-4-11-22(24)30-23/h1-12,17H,13-16,18H2,(H,29,32). The molecule has 0 atom stereocenters. The molecule has 0 saturated carbocycles. The van der Waals surface area contributed by atoms with Crippen LogP contribution in [-0.4, -0.2) is 28.0 Å². The molecule has 0 unspecified atom stereocenters. The van der Waals surface area contributed by atoms with E-state index in [1.54, 1.807) is 4.57 Å². The molecule has 0 saturated heterocycles. The molecule has 1 N–H and O–H groups in total. The Labute approximate surface area is 201 Å². The summed E-state index contributed by atoms with van der Waals surface area (Å²) in [7, 11) is 0. The Kier molecular flexibility index (Phi) is 7.62. The van der Waals surface area contributed by atoms with Gasteiger partial charge in [-0.3, -0.25) is 14.4 Å². The number of para-hydroxylation sites is 2. The lowest BCUT2D eigenvalue weighted by Crippen LogP contribution is -2.27. The van der Waals surface area contributed by atoms with E-state index in [9.17, 15) is 18.8 Å². The number of amides is 1. The fraction of sp³-hybridized carbons (Fsp3) is 0.185. The molecule has 1 aromatic heterocycles. The number of aryl methyl sites for hydroxylation is 3. The van der Waals surface area contributed by atoms with Crippen molar-refractivity contribution < 1.29 is 18.7 Å². The SMILES string of the molecule is O=C(COC(=O)CCc1nc2ccccc2n(CCc2ccccc2)c1=O)Nc1cccc(F)c1. The highest BCUT2D eigenvalue weighted by molar-refractivity contribution is 5.92. The number of hydrogen-bond acceptors (Lipinski definition) is 5. The zero-order valence-electron chi connectivity index (χ0n) is 18.9. The Morgan fingerprint density at radius 2 is 1.71 bits per heavy atom. The summed E-state index contributed by atoms with van der Waals surface area (Å²) in [5.41, 5.74) is 2.78. The second kappa shape index (κ2) is 11.2. The van der Waals surface area contributed by atoms with Gasteiger partial charge in [-0.1, -0.05) is 48.5 Å². The van der Waals surface area contributed by atoms with Gasteiger partial charge in [-0.15, -0.1) is 0 Å². The molecule has 3 aromatic carbocycles. The number of nitrogens with zero attached hydrogens (tertiary/aromatic N) is 2. The number of benzene rings is 3. The molecule has 4 rings (SSSR count). The van der Waals surface area contributed by atoms with Gasteiger partial charge >= 0.3 is 5.97 Å². The van der Waals surface area contributed by atoms with Gasteiger partial charge in [-0.25, -0.2) is 9.37 Å². The third-order valence-corrected chi connectivity index (χ3v) is 5.43. The van der Waals surface area contributed by atoms with Gasteiger partial charge < -0.3 is 14.6 Å². The Morgan fingerprint density at radius 3 is 2.51 bits per heavy atom. The second-order valence-corrected chi connectivity index (χ2v) is 7.96. The summed E-state index contributed by atoms with van der Waals surface area (Å²) in [6.07, 6.45) is 0.655. The van der Waals surface area contributed by atoms with Crippen LogP contribution in [0.1, 0.15) is 17.7 Å². The minimum absolute atomic E-state index is 0.0827. The number of esters is 1. The largest absolute Gasteiger partial charge is 0.456 e. The van der Waals surface area contributed by atoms with Crippen LogP contribution in [0, 0.1) is 5.82 Å². The maximum Gasteiger partial charge on any atom is 0.306 e. The minimum atomic E-state index is -0.635. The number of carbonyl (C=O) groups excluding carboxylic acids is 2. The van der Waals surface area contributed by atoms with Gasteiger partial charge in [0.15, 0.2) is 6.61 Å². The zero-order chi connectivity index (χ0) is 24.6. The van der Waals surface area contributed by atoms with Crippen LogP contribution in [0.15, 0.2) is 83.7 Å². The van der Waals surface area contributed by atoms with Gasteiger partial charge in [0.05, 0.1) is 17.5 Å². The lowest BCUT2D eigenvalue weighted by Gasteiger charge is -2.12. The third-order valence-electron chi connectivity index (χ3n) is 5.43. The van der Waals surface area contributed by atoms with Gasteiger partial charge in [0.2, 0.25) is 0 Å². The smallest absolute Gasteiger partial charge is 0.306 e. The van der Waals surface area contributed by atoms with Crippen molar-refractivity contribution in [1.82, 2.24) is 9.55 Å². The molecule has 178 valence electrons. The Bertz CT molecular complexity index is 1400. The maximum absolute atomic E-state index is 13.2. The average Bonchev–Trinajstić information content (AvgIpc) is 2.86. The first-order valence-corrected chi connectivity index (χ1v) is 11.2. The predicted molar refractivity (Wildman–Crippen MR) is 130 cm³/mol. The van der Waals surface area contributed by atoms with Gasteiger partial charge in [0, 0.05) is 18.7 Å². The molecule has 0 fully saturated rings. The van der Waals surface area contributed by atoms with Crippen LogP contribution in [-0.2, 0) is 33.7 Å². The fourth-order valence-electron chi connectivity index (χ4n) is 3.72. The quantitative estimate of drug-likeness (QED) is 0.373. The molecule has 0 aliphatic carbocycles. The van der Waals surface area contributed by atoms with E-state index in [1.165, 1.54) is 18.2 Å². The van der Waals surface area contributed by atoms with Gasteiger partial charge in [0.1, 0.15) is 11.5 Å². The van der Waals surface area contributed by atoms with E-state index in [-0.39, 0.29) is 29.8 Å². The van der Waals surface area contributed by atoms with Crippen molar-refractivity contribution in [2.45, 2.75) is 25.8 Å². The molecule has 7 nitrogen and oxygen atoms in total. The van der Waals surface area contributed by atoms with Crippen LogP contribution in [0.4, 0.5) is 10.1 Å². The van der Waals surface area contributed by atoms with Crippen molar-refractivity contribution >= 4 is 28.6 Å². The van der Waals surface area contributed by atoms with E-state index in [4.69, 9.17) is 4.74 Å². The highest BCUT2D eigenvalue weighted by Crippen LogP contribution is 2.13. The molecule has 0 aliphatic rings. The van der Waals surface area contributed by atoms with Crippen LogP contribution in [0.3, 0.4) is 0 Å². The summed E-state index contributed by atoms with van der Waals surface area (Å²) in [6, 6.07) is 22.7. The van der Waals surface area contributed by atoms with E-state index in [1.807, 2.05) is 54.6 Å². The highest BCUT2D eigenvalue weighted by Gasteiger charge is 2.14. The lowest BCUT2D eigenvalue weighted by molar-refractivity contribution is -0.147. The van der Waals surface area contributed by atoms with Gasteiger partial charge in [-0.05, 0) is 42.3 Å². The number of halogens is 1. The van der Waals surface area contributed by atoms with Crippen LogP contribution < -0.4 is 10.9 Å². The third kappa shape index (κ3) is 6.38. The van der Waals surface area contributed by atoms with Gasteiger partial charge in [-0.2, -0.15) is 0 Å². The van der Waals surface area contributed by atoms with Crippen molar-refractivity contribution in [3.05, 3.63) is 106 Å². The summed E-state index contributed by atoms with van der Waals surface area (Å²) in [5.74, 6) is -1.71. The summed E-state index contributed by atoms with van der Waals surface area (Å²) >= 11 is 0. The summed E-state index contributed by atoms with van der Waals surface area (Å²) in [5, 5.41) is 2.45. The van der Waals surface area contributed by atoms with Crippen molar-refractivity contribution in [2.24, 2.45) is 0 Å². The molecule has 0 radical (unpaired) electrons. The number of hydrogen-bond donors (Lipinski definition) is 1. The molecule has 0 aliphatic heterocycles. The summed E-state index contributed by atoms with van der Waals surface area (Å²) in [4.78, 5) is 41.8. The van der Waals surface area contributed by atoms with E-state index < -0.39 is 24.3 Å². The maximum atomic E-state index is 13.2. The molecule has 1 heterocycles. The second-order valence-electron chi connectivity index (χ2n) is 7.96. The Hall–Kier alpha value is -4.33. The van der Waals surface area contributed by atoms with Crippen molar-refractivity contribution in [3.63, 3.8) is 0 Å². The van der Waals surface area contributed by atoms with E-state index in [0.717, 1.165) is 17.1 Å². The number of fused-ring (bicyclic) bond motifs is 1. The van der Waals surface area contributed by atoms with Crippen molar-refractivity contribution in [3.8, 4) is 0 Å². The van der Waals surface area contributed by atoms with Crippen LogP contribution in [0.2, 0.25) is 0 Å². The number of anilines is 1. The number of aromatic nitrogens is 2. The average molecular weight is 474 g/mol. The predicted octanol–water partition coefficient (Wildman–Crippen LogP) is 3.89. The van der Waals surface area contributed by atoms with E-state index in [2.05, 4.69) is 10.3 Å².